The molecule has 2 aromatic carbocycles. The van der Waals surface area contributed by atoms with Gasteiger partial charge in [0.1, 0.15) is 10.8 Å². The van der Waals surface area contributed by atoms with Gasteiger partial charge in [-0.3, -0.25) is 0 Å². The first-order valence-electron chi connectivity index (χ1n) is 5.51. The Morgan fingerprint density at radius 2 is 1.83 bits per heavy atom. The minimum atomic E-state index is 0.232. The van der Waals surface area contributed by atoms with Gasteiger partial charge in [0, 0.05) is 17.2 Å². The van der Waals surface area contributed by atoms with Crippen molar-refractivity contribution in [2.24, 2.45) is 4.99 Å². The van der Waals surface area contributed by atoms with Crippen molar-refractivity contribution in [3.8, 4) is 5.75 Å². The number of hydrogen-bond donors (Lipinski definition) is 1. The van der Waals surface area contributed by atoms with E-state index in [9.17, 15) is 5.11 Å². The lowest BCUT2D eigenvalue weighted by Gasteiger charge is -1.95. The zero-order valence-corrected chi connectivity index (χ0v) is 10.3. The minimum absolute atomic E-state index is 0.232. The Kier molecular flexibility index (Phi) is 2.78. The van der Waals surface area contributed by atoms with E-state index < -0.39 is 0 Å². The molecule has 0 saturated carbocycles. The SMILES string of the molecule is Oc1ccccc1C=Nc1snc2ccccc12. The molecule has 0 unspecified atom stereocenters. The van der Waals surface area contributed by atoms with Gasteiger partial charge in [0.25, 0.3) is 0 Å². The monoisotopic (exact) mass is 254 g/mol. The van der Waals surface area contributed by atoms with Crippen molar-refractivity contribution in [2.75, 3.05) is 0 Å². The molecule has 0 aliphatic heterocycles. The number of fused-ring (bicyclic) bond motifs is 1. The predicted molar refractivity (Wildman–Crippen MR) is 75.0 cm³/mol. The molecule has 0 radical (unpaired) electrons. The van der Waals surface area contributed by atoms with Crippen molar-refractivity contribution in [3.63, 3.8) is 0 Å². The fourth-order valence-corrected chi connectivity index (χ4v) is 2.41. The molecule has 88 valence electrons. The maximum absolute atomic E-state index is 9.65. The van der Waals surface area contributed by atoms with E-state index in [-0.39, 0.29) is 5.75 Å². The van der Waals surface area contributed by atoms with Crippen LogP contribution in [0.3, 0.4) is 0 Å². The molecule has 4 heteroatoms. The number of benzene rings is 2. The normalized spacial score (nSPS) is 11.3. The van der Waals surface area contributed by atoms with Crippen LogP contribution in [0.25, 0.3) is 10.9 Å². The number of hydrogen-bond acceptors (Lipinski definition) is 4. The van der Waals surface area contributed by atoms with E-state index in [0.29, 0.717) is 5.56 Å². The molecule has 1 heterocycles. The molecular weight excluding hydrogens is 244 g/mol. The minimum Gasteiger partial charge on any atom is -0.507 e. The van der Waals surface area contributed by atoms with Gasteiger partial charge in [-0.1, -0.05) is 24.3 Å². The Balaban J connectivity index is 2.00. The molecule has 0 amide bonds. The highest BCUT2D eigenvalue weighted by Crippen LogP contribution is 2.30. The predicted octanol–water partition coefficient (Wildman–Crippen LogP) is 3.75. The van der Waals surface area contributed by atoms with Gasteiger partial charge >= 0.3 is 0 Å². The molecule has 3 nitrogen and oxygen atoms in total. The molecule has 0 aliphatic carbocycles. The smallest absolute Gasteiger partial charge is 0.143 e. The average molecular weight is 254 g/mol. The highest BCUT2D eigenvalue weighted by Gasteiger charge is 2.03. The number of phenols is 1. The van der Waals surface area contributed by atoms with E-state index in [1.165, 1.54) is 11.5 Å². The summed E-state index contributed by atoms with van der Waals surface area (Å²) >= 11 is 1.36. The molecule has 0 saturated heterocycles. The fourth-order valence-electron chi connectivity index (χ4n) is 1.69. The van der Waals surface area contributed by atoms with Crippen molar-refractivity contribution in [2.45, 2.75) is 0 Å². The molecule has 0 spiro atoms. The van der Waals surface area contributed by atoms with E-state index in [1.54, 1.807) is 18.3 Å². The van der Waals surface area contributed by atoms with Crippen molar-refractivity contribution in [3.05, 3.63) is 54.1 Å². The summed E-state index contributed by atoms with van der Waals surface area (Å²) < 4.78 is 4.32. The topological polar surface area (TPSA) is 45.5 Å². The lowest BCUT2D eigenvalue weighted by atomic mass is 10.2. The summed E-state index contributed by atoms with van der Waals surface area (Å²) in [5, 5.41) is 11.5. The van der Waals surface area contributed by atoms with Gasteiger partial charge in [0.2, 0.25) is 0 Å². The van der Waals surface area contributed by atoms with Gasteiger partial charge in [-0.25, -0.2) is 4.99 Å². The van der Waals surface area contributed by atoms with Gasteiger partial charge in [-0.15, -0.1) is 0 Å². The van der Waals surface area contributed by atoms with E-state index >= 15 is 0 Å². The van der Waals surface area contributed by atoms with Crippen LogP contribution in [0.2, 0.25) is 0 Å². The third-order valence-corrected chi connectivity index (χ3v) is 3.41. The van der Waals surface area contributed by atoms with Gasteiger partial charge in [0.15, 0.2) is 0 Å². The van der Waals surface area contributed by atoms with E-state index in [2.05, 4.69) is 9.37 Å². The highest BCUT2D eigenvalue weighted by atomic mass is 32.1. The van der Waals surface area contributed by atoms with Gasteiger partial charge in [0.05, 0.1) is 5.52 Å². The first kappa shape index (κ1) is 10.9. The average Bonchev–Trinajstić information content (AvgIpc) is 2.81. The highest BCUT2D eigenvalue weighted by molar-refractivity contribution is 7.11. The summed E-state index contributed by atoms with van der Waals surface area (Å²) in [6.07, 6.45) is 1.66. The Morgan fingerprint density at radius 3 is 2.72 bits per heavy atom. The summed E-state index contributed by atoms with van der Waals surface area (Å²) in [4.78, 5) is 4.40. The summed E-state index contributed by atoms with van der Waals surface area (Å²) in [5.41, 5.74) is 1.65. The van der Waals surface area contributed by atoms with Gasteiger partial charge < -0.3 is 5.11 Å². The number of para-hydroxylation sites is 1. The van der Waals surface area contributed by atoms with Crippen LogP contribution in [0.5, 0.6) is 5.75 Å². The Hall–Kier alpha value is -2.20. The summed E-state index contributed by atoms with van der Waals surface area (Å²) in [5.74, 6) is 0.232. The maximum Gasteiger partial charge on any atom is 0.143 e. The van der Waals surface area contributed by atoms with Crippen molar-refractivity contribution < 1.29 is 5.11 Å². The van der Waals surface area contributed by atoms with Crippen molar-refractivity contribution in [1.82, 2.24) is 4.37 Å². The van der Waals surface area contributed by atoms with Crippen LogP contribution in [0.15, 0.2) is 53.5 Å². The number of aliphatic imine (C=N–C) groups is 1. The van der Waals surface area contributed by atoms with Crippen LogP contribution in [-0.4, -0.2) is 15.7 Å². The molecule has 18 heavy (non-hydrogen) atoms. The summed E-state index contributed by atoms with van der Waals surface area (Å²) in [6, 6.07) is 15.0. The number of nitrogens with zero attached hydrogens (tertiary/aromatic N) is 2. The number of rotatable bonds is 2. The largest absolute Gasteiger partial charge is 0.507 e. The maximum atomic E-state index is 9.65. The standard InChI is InChI=1S/C14H10N2OS/c17-13-8-4-1-5-10(13)9-15-14-11-6-2-3-7-12(11)16-18-14/h1-9,17H. The number of phenolic OH excluding ortho intramolecular Hbond substituents is 1. The van der Waals surface area contributed by atoms with E-state index in [4.69, 9.17) is 0 Å². The molecule has 3 aromatic rings. The quantitative estimate of drug-likeness (QED) is 0.708. The summed E-state index contributed by atoms with van der Waals surface area (Å²) in [6.45, 7) is 0. The lowest BCUT2D eigenvalue weighted by Crippen LogP contribution is -1.79. The Bertz CT molecular complexity index is 718. The van der Waals surface area contributed by atoms with Crippen molar-refractivity contribution in [1.29, 1.82) is 0 Å². The van der Waals surface area contributed by atoms with E-state index in [0.717, 1.165) is 15.9 Å². The second-order valence-corrected chi connectivity index (χ2v) is 4.57. The molecule has 1 N–H and O–H groups in total. The van der Waals surface area contributed by atoms with Gasteiger partial charge in [-0.2, -0.15) is 4.37 Å². The van der Waals surface area contributed by atoms with Crippen LogP contribution < -0.4 is 0 Å². The third kappa shape index (κ3) is 1.98. The molecule has 0 bridgehead atoms. The molecule has 0 aliphatic rings. The van der Waals surface area contributed by atoms with Crippen LogP contribution in [-0.2, 0) is 0 Å². The lowest BCUT2D eigenvalue weighted by molar-refractivity contribution is 0.474. The molecule has 0 fully saturated rings. The van der Waals surface area contributed by atoms with Crippen LogP contribution in [0, 0.1) is 0 Å². The molecular formula is C14H10N2OS. The molecule has 0 atom stereocenters. The van der Waals surface area contributed by atoms with Crippen LogP contribution in [0.4, 0.5) is 5.00 Å². The second kappa shape index (κ2) is 4.58. The zero-order chi connectivity index (χ0) is 12.4. The van der Waals surface area contributed by atoms with Crippen LogP contribution >= 0.6 is 11.5 Å². The zero-order valence-electron chi connectivity index (χ0n) is 9.45. The Morgan fingerprint density at radius 1 is 1.06 bits per heavy atom. The van der Waals surface area contributed by atoms with E-state index in [1.807, 2.05) is 36.4 Å². The first-order valence-corrected chi connectivity index (χ1v) is 6.28. The Labute approximate surface area is 108 Å². The van der Waals surface area contributed by atoms with Gasteiger partial charge in [-0.05, 0) is 35.8 Å². The first-order chi connectivity index (χ1) is 8.84. The number of aromatic nitrogens is 1. The van der Waals surface area contributed by atoms with Crippen molar-refractivity contribution >= 4 is 33.7 Å². The fraction of sp³-hybridized carbons (Fsp3) is 0. The summed E-state index contributed by atoms with van der Waals surface area (Å²) in [7, 11) is 0. The third-order valence-electron chi connectivity index (χ3n) is 2.62. The number of aromatic hydroxyl groups is 1. The second-order valence-electron chi connectivity index (χ2n) is 3.82. The molecule has 1 aromatic heterocycles. The molecule has 3 rings (SSSR count). The van der Waals surface area contributed by atoms with Crippen LogP contribution in [0.1, 0.15) is 5.56 Å².